The van der Waals surface area contributed by atoms with Crippen LogP contribution in [0.4, 0.5) is 8.78 Å². The van der Waals surface area contributed by atoms with Crippen LogP contribution in [-0.4, -0.2) is 22.1 Å². The molecule has 0 aliphatic rings. The van der Waals surface area contributed by atoms with Crippen LogP contribution in [0.3, 0.4) is 0 Å². The van der Waals surface area contributed by atoms with Crippen LogP contribution in [0, 0.1) is 11.6 Å². The molecule has 0 bridgehead atoms. The van der Waals surface area contributed by atoms with Crippen LogP contribution in [0.1, 0.15) is 23.0 Å². The molecule has 4 nitrogen and oxygen atoms in total. The molecule has 0 aliphatic carbocycles. The summed E-state index contributed by atoms with van der Waals surface area (Å²) in [6.07, 6.45) is 2.63. The van der Waals surface area contributed by atoms with E-state index < -0.39 is 17.6 Å². The predicted molar refractivity (Wildman–Crippen MR) is 63.6 cm³/mol. The fraction of sp³-hybridized carbons (Fsp3) is 0.231. The van der Waals surface area contributed by atoms with Crippen molar-refractivity contribution in [3.05, 3.63) is 53.6 Å². The van der Waals surface area contributed by atoms with Crippen molar-refractivity contribution in [2.45, 2.75) is 13.5 Å². The third-order valence-corrected chi connectivity index (χ3v) is 2.59. The van der Waals surface area contributed by atoms with Crippen LogP contribution in [0.5, 0.6) is 0 Å². The molecule has 1 aromatic carbocycles. The summed E-state index contributed by atoms with van der Waals surface area (Å²) in [5.74, 6) is -1.90. The van der Waals surface area contributed by atoms with Gasteiger partial charge in [0, 0.05) is 5.56 Å². The van der Waals surface area contributed by atoms with Crippen LogP contribution in [0.25, 0.3) is 0 Å². The Labute approximate surface area is 108 Å². The molecule has 1 aromatic heterocycles. The average molecular weight is 266 g/mol. The van der Waals surface area contributed by atoms with E-state index in [1.807, 2.05) is 0 Å². The van der Waals surface area contributed by atoms with Gasteiger partial charge < -0.3 is 9.30 Å². The lowest BCUT2D eigenvalue weighted by atomic mass is 10.2. The summed E-state index contributed by atoms with van der Waals surface area (Å²) in [7, 11) is 0. The minimum atomic E-state index is -0.663. The molecule has 2 aromatic rings. The molecule has 0 saturated heterocycles. The lowest BCUT2D eigenvalue weighted by molar-refractivity contribution is 0.0514. The Kier molecular flexibility index (Phi) is 3.89. The molecule has 19 heavy (non-hydrogen) atoms. The summed E-state index contributed by atoms with van der Waals surface area (Å²) >= 11 is 0. The first-order valence-corrected chi connectivity index (χ1v) is 5.73. The number of carbonyl (C=O) groups excluding carboxylic acids is 1. The molecular weight excluding hydrogens is 254 g/mol. The van der Waals surface area contributed by atoms with Crippen molar-refractivity contribution in [1.29, 1.82) is 0 Å². The third-order valence-electron chi connectivity index (χ3n) is 2.59. The summed E-state index contributed by atoms with van der Waals surface area (Å²) in [6.45, 7) is 1.78. The normalized spacial score (nSPS) is 10.5. The van der Waals surface area contributed by atoms with Gasteiger partial charge in [-0.2, -0.15) is 0 Å². The van der Waals surface area contributed by atoms with Crippen LogP contribution in [0.2, 0.25) is 0 Å². The van der Waals surface area contributed by atoms with E-state index in [-0.39, 0.29) is 24.4 Å². The SMILES string of the molecule is CCOC(=O)c1cncn1Cc1c(F)cccc1F. The first kappa shape index (κ1) is 13.2. The van der Waals surface area contributed by atoms with Crippen LogP contribution in [0.15, 0.2) is 30.7 Å². The van der Waals surface area contributed by atoms with Gasteiger partial charge in [-0.3, -0.25) is 0 Å². The molecule has 6 heteroatoms. The van der Waals surface area contributed by atoms with E-state index in [1.54, 1.807) is 6.92 Å². The van der Waals surface area contributed by atoms with Crippen molar-refractivity contribution < 1.29 is 18.3 Å². The quantitative estimate of drug-likeness (QED) is 0.798. The maximum Gasteiger partial charge on any atom is 0.356 e. The van der Waals surface area contributed by atoms with E-state index in [0.717, 1.165) is 0 Å². The Bertz CT molecular complexity index is 576. The Balaban J connectivity index is 2.30. The molecule has 0 amide bonds. The number of nitrogens with zero attached hydrogens (tertiary/aromatic N) is 2. The summed E-state index contributed by atoms with van der Waals surface area (Å²) in [5, 5.41) is 0. The number of hydrogen-bond donors (Lipinski definition) is 0. The zero-order chi connectivity index (χ0) is 13.8. The number of esters is 1. The van der Waals surface area contributed by atoms with Gasteiger partial charge in [-0.1, -0.05) is 6.07 Å². The van der Waals surface area contributed by atoms with E-state index in [1.165, 1.54) is 35.3 Å². The fourth-order valence-electron chi connectivity index (χ4n) is 1.68. The fourth-order valence-corrected chi connectivity index (χ4v) is 1.68. The van der Waals surface area contributed by atoms with Crippen molar-refractivity contribution in [2.24, 2.45) is 0 Å². The number of aromatic nitrogens is 2. The van der Waals surface area contributed by atoms with E-state index in [4.69, 9.17) is 4.74 Å². The van der Waals surface area contributed by atoms with Gasteiger partial charge in [-0.25, -0.2) is 18.6 Å². The molecular formula is C13H12F2N2O2. The van der Waals surface area contributed by atoms with Crippen LogP contribution >= 0.6 is 0 Å². The molecule has 0 aliphatic heterocycles. The maximum atomic E-state index is 13.5. The Hall–Kier alpha value is -2.24. The van der Waals surface area contributed by atoms with Crippen molar-refractivity contribution in [1.82, 2.24) is 9.55 Å². The third kappa shape index (κ3) is 2.78. The standard InChI is InChI=1S/C13H12F2N2O2/c1-2-19-13(18)12-6-16-8-17(12)7-9-10(14)4-3-5-11(9)15/h3-6,8H,2,7H2,1H3. The monoisotopic (exact) mass is 266 g/mol. The van der Waals surface area contributed by atoms with E-state index in [9.17, 15) is 13.6 Å². The van der Waals surface area contributed by atoms with E-state index >= 15 is 0 Å². The lowest BCUT2D eigenvalue weighted by Gasteiger charge is -2.09. The van der Waals surface area contributed by atoms with Gasteiger partial charge >= 0.3 is 5.97 Å². The zero-order valence-corrected chi connectivity index (χ0v) is 10.3. The second kappa shape index (κ2) is 5.60. The smallest absolute Gasteiger partial charge is 0.356 e. The summed E-state index contributed by atoms with van der Waals surface area (Å²) < 4.78 is 33.3. The molecule has 2 rings (SSSR count). The van der Waals surface area contributed by atoms with Gasteiger partial charge in [-0.15, -0.1) is 0 Å². The van der Waals surface area contributed by atoms with Crippen molar-refractivity contribution in [3.63, 3.8) is 0 Å². The molecule has 0 unspecified atom stereocenters. The highest BCUT2D eigenvalue weighted by Crippen LogP contribution is 2.15. The molecule has 0 fully saturated rings. The molecule has 0 radical (unpaired) electrons. The Morgan fingerprint density at radius 2 is 2.05 bits per heavy atom. The van der Waals surface area contributed by atoms with E-state index in [0.29, 0.717) is 0 Å². The molecule has 0 N–H and O–H groups in total. The van der Waals surface area contributed by atoms with Crippen molar-refractivity contribution in [2.75, 3.05) is 6.61 Å². The van der Waals surface area contributed by atoms with Gasteiger partial charge in [0.15, 0.2) is 0 Å². The van der Waals surface area contributed by atoms with Crippen molar-refractivity contribution in [3.8, 4) is 0 Å². The highest BCUT2D eigenvalue weighted by Gasteiger charge is 2.16. The number of halogens is 2. The lowest BCUT2D eigenvalue weighted by Crippen LogP contribution is -2.13. The second-order valence-electron chi connectivity index (χ2n) is 3.83. The highest BCUT2D eigenvalue weighted by atomic mass is 19.1. The summed E-state index contributed by atoms with van der Waals surface area (Å²) in [6, 6.07) is 3.62. The first-order valence-electron chi connectivity index (χ1n) is 5.73. The predicted octanol–water partition coefficient (Wildman–Crippen LogP) is 2.39. The molecule has 0 saturated carbocycles. The molecule has 0 spiro atoms. The Morgan fingerprint density at radius 1 is 1.37 bits per heavy atom. The van der Waals surface area contributed by atoms with Crippen LogP contribution < -0.4 is 0 Å². The van der Waals surface area contributed by atoms with Crippen molar-refractivity contribution >= 4 is 5.97 Å². The van der Waals surface area contributed by atoms with Gasteiger partial charge in [-0.05, 0) is 19.1 Å². The number of carbonyl (C=O) groups is 1. The number of ether oxygens (including phenoxy) is 1. The molecule has 100 valence electrons. The number of hydrogen-bond acceptors (Lipinski definition) is 3. The summed E-state index contributed by atoms with van der Waals surface area (Å²) in [5.41, 5.74) is 0.0375. The molecule has 1 heterocycles. The largest absolute Gasteiger partial charge is 0.461 e. The first-order chi connectivity index (χ1) is 9.13. The van der Waals surface area contributed by atoms with Gasteiger partial charge in [0.05, 0.1) is 25.7 Å². The number of imidazole rings is 1. The minimum absolute atomic E-state index is 0.118. The van der Waals surface area contributed by atoms with Crippen LogP contribution in [-0.2, 0) is 11.3 Å². The number of rotatable bonds is 4. The zero-order valence-electron chi connectivity index (χ0n) is 10.3. The highest BCUT2D eigenvalue weighted by molar-refractivity contribution is 5.87. The minimum Gasteiger partial charge on any atom is -0.461 e. The number of benzene rings is 1. The summed E-state index contributed by atoms with van der Waals surface area (Å²) in [4.78, 5) is 15.4. The maximum absolute atomic E-state index is 13.5. The molecule has 0 atom stereocenters. The topological polar surface area (TPSA) is 44.1 Å². The van der Waals surface area contributed by atoms with Gasteiger partial charge in [0.25, 0.3) is 0 Å². The second-order valence-corrected chi connectivity index (χ2v) is 3.83. The van der Waals surface area contributed by atoms with E-state index in [2.05, 4.69) is 4.98 Å². The van der Waals surface area contributed by atoms with Gasteiger partial charge in [0.2, 0.25) is 0 Å². The van der Waals surface area contributed by atoms with Gasteiger partial charge in [0.1, 0.15) is 17.3 Å². The average Bonchev–Trinajstić information content (AvgIpc) is 2.82. The Morgan fingerprint density at radius 3 is 2.68 bits per heavy atom.